The number of anilines is 4. The molecule has 7 rings (SSSR count). The summed E-state index contributed by atoms with van der Waals surface area (Å²) in [6.45, 7) is 0. The topological polar surface area (TPSA) is 58.2 Å². The van der Waals surface area contributed by atoms with Gasteiger partial charge in [0, 0.05) is 38.2 Å². The molecule has 4 aromatic rings. The van der Waals surface area contributed by atoms with Gasteiger partial charge in [0.25, 0.3) is 0 Å². The average molecular weight is 506 g/mol. The Kier molecular flexibility index (Phi) is 5.13. The Bertz CT molecular complexity index is 1690. The van der Waals surface area contributed by atoms with E-state index in [0.717, 1.165) is 73.5 Å². The first-order valence-corrected chi connectivity index (χ1v) is 15.0. The molecular weight excluding hydrogens is 482 g/mol. The van der Waals surface area contributed by atoms with E-state index < -0.39 is 15.6 Å². The van der Waals surface area contributed by atoms with Gasteiger partial charge in [-0.25, -0.2) is 0 Å². The number of para-hydroxylation sites is 2. The molecular formula is C30H24N2O2P2. The quantitative estimate of drug-likeness (QED) is 0.267. The summed E-state index contributed by atoms with van der Waals surface area (Å²) in [7, 11) is -4.75. The molecule has 0 saturated carbocycles. The third-order valence-corrected chi connectivity index (χ3v) is 10.9. The molecule has 3 aliphatic rings. The number of allylic oxidation sites excluding steroid dienone is 2. The van der Waals surface area contributed by atoms with Gasteiger partial charge in [-0.05, 0) is 65.9 Å². The zero-order chi connectivity index (χ0) is 24.2. The maximum atomic E-state index is 14.3. The van der Waals surface area contributed by atoms with Crippen LogP contribution >= 0.6 is 15.6 Å². The minimum Gasteiger partial charge on any atom is -0.354 e. The predicted molar refractivity (Wildman–Crippen MR) is 154 cm³/mol. The highest BCUT2D eigenvalue weighted by atomic mass is 31.1. The van der Waals surface area contributed by atoms with Crippen molar-refractivity contribution in [2.75, 3.05) is 10.6 Å². The lowest BCUT2D eigenvalue weighted by Gasteiger charge is -2.23. The molecule has 0 amide bonds. The van der Waals surface area contributed by atoms with Gasteiger partial charge in [0.2, 0.25) is 0 Å². The van der Waals surface area contributed by atoms with Crippen LogP contribution in [0.3, 0.4) is 0 Å². The van der Waals surface area contributed by atoms with Crippen molar-refractivity contribution in [1.82, 2.24) is 0 Å². The van der Waals surface area contributed by atoms with Crippen LogP contribution in [0.15, 0.2) is 84.9 Å². The second-order valence-electron chi connectivity index (χ2n) is 9.33. The van der Waals surface area contributed by atoms with Gasteiger partial charge >= 0.3 is 0 Å². The van der Waals surface area contributed by atoms with Gasteiger partial charge in [-0.1, -0.05) is 60.7 Å². The Hall–Kier alpha value is -3.58. The van der Waals surface area contributed by atoms with E-state index in [4.69, 9.17) is 0 Å². The van der Waals surface area contributed by atoms with Crippen molar-refractivity contribution in [2.24, 2.45) is 0 Å². The summed E-state index contributed by atoms with van der Waals surface area (Å²) in [5.74, 6) is 0. The van der Waals surface area contributed by atoms with Crippen molar-refractivity contribution in [3.8, 4) is 0 Å². The SMILES string of the molecule is O=[PH]1c2ccccc2Nc2ccccc2[PH](=O)c2ccc3c(c2Nc2c1ccc1c2C=CC1)CC=C3. The molecule has 4 aromatic carbocycles. The number of nitrogens with one attached hydrogen (secondary N) is 2. The van der Waals surface area contributed by atoms with Gasteiger partial charge in [-0.2, -0.15) is 0 Å². The monoisotopic (exact) mass is 506 g/mol. The molecule has 176 valence electrons. The van der Waals surface area contributed by atoms with Gasteiger partial charge in [0.15, 0.2) is 0 Å². The van der Waals surface area contributed by atoms with Gasteiger partial charge < -0.3 is 19.8 Å². The van der Waals surface area contributed by atoms with Crippen LogP contribution in [0.25, 0.3) is 12.2 Å². The van der Waals surface area contributed by atoms with E-state index in [1.54, 1.807) is 0 Å². The summed E-state index contributed by atoms with van der Waals surface area (Å²) in [6, 6.07) is 23.7. The van der Waals surface area contributed by atoms with Crippen molar-refractivity contribution in [3.05, 3.63) is 107 Å². The van der Waals surface area contributed by atoms with Crippen LogP contribution in [0.1, 0.15) is 22.3 Å². The molecule has 2 atom stereocenters. The normalized spacial score (nSPS) is 18.8. The van der Waals surface area contributed by atoms with E-state index >= 15 is 0 Å². The van der Waals surface area contributed by atoms with E-state index in [0.29, 0.717) is 0 Å². The summed E-state index contributed by atoms with van der Waals surface area (Å²) in [6.07, 6.45) is 10.2. The number of fused-ring (bicyclic) bond motifs is 8. The number of hydrogen-bond donors (Lipinski definition) is 2. The minimum atomic E-state index is -2.38. The molecule has 1 aliphatic heterocycles. The average Bonchev–Trinajstić information content (AvgIpc) is 3.58. The maximum Gasteiger partial charge on any atom is 0.135 e. The van der Waals surface area contributed by atoms with Crippen molar-refractivity contribution < 1.29 is 9.13 Å². The predicted octanol–water partition coefficient (Wildman–Crippen LogP) is 5.65. The summed E-state index contributed by atoms with van der Waals surface area (Å²) in [5, 5.41) is 10.3. The van der Waals surface area contributed by atoms with E-state index in [1.807, 2.05) is 60.7 Å². The molecule has 0 bridgehead atoms. The highest BCUT2D eigenvalue weighted by Gasteiger charge is 2.26. The number of hydrogen-bond acceptors (Lipinski definition) is 4. The van der Waals surface area contributed by atoms with E-state index in [2.05, 4.69) is 47.1 Å². The molecule has 0 spiro atoms. The van der Waals surface area contributed by atoms with Crippen molar-refractivity contribution in [3.63, 3.8) is 0 Å². The highest BCUT2D eigenvalue weighted by Crippen LogP contribution is 2.41. The zero-order valence-corrected chi connectivity index (χ0v) is 21.5. The maximum absolute atomic E-state index is 14.3. The van der Waals surface area contributed by atoms with Crippen LogP contribution in [-0.4, -0.2) is 0 Å². The molecule has 0 fully saturated rings. The lowest BCUT2D eigenvalue weighted by Crippen LogP contribution is -2.21. The standard InChI is InChI=1S/C30H24N2O2P2/c33-35-25-13-3-1-11-23(25)31-24-12-2-4-14-26(24)36(34)28-18-16-20-8-6-10-22(20)30(28)32-29-21-9-5-7-19(21)15-17-27(29)35/h1-7,10-18,31-32,35-36H,8-9H2. The van der Waals surface area contributed by atoms with Crippen molar-refractivity contribution in [2.45, 2.75) is 12.8 Å². The van der Waals surface area contributed by atoms with Crippen LogP contribution in [-0.2, 0) is 22.0 Å². The first-order valence-electron chi connectivity index (χ1n) is 12.2. The number of benzene rings is 4. The lowest BCUT2D eigenvalue weighted by atomic mass is 10.0. The molecule has 4 nitrogen and oxygen atoms in total. The minimum absolute atomic E-state index is 0.766. The molecule has 0 radical (unpaired) electrons. The van der Waals surface area contributed by atoms with Gasteiger partial charge in [-0.3, -0.25) is 0 Å². The highest BCUT2D eigenvalue weighted by molar-refractivity contribution is 7.62. The van der Waals surface area contributed by atoms with Crippen LogP contribution < -0.4 is 31.9 Å². The van der Waals surface area contributed by atoms with Crippen LogP contribution in [0, 0.1) is 0 Å². The molecule has 2 unspecified atom stereocenters. The fraction of sp³-hybridized carbons (Fsp3) is 0.0667. The Labute approximate surface area is 211 Å². The molecule has 2 N–H and O–H groups in total. The largest absolute Gasteiger partial charge is 0.354 e. The van der Waals surface area contributed by atoms with Gasteiger partial charge in [0.1, 0.15) is 15.6 Å². The first-order chi connectivity index (χ1) is 17.7. The Morgan fingerprint density at radius 1 is 0.583 bits per heavy atom. The van der Waals surface area contributed by atoms with Crippen molar-refractivity contribution >= 4 is 71.7 Å². The Balaban J connectivity index is 1.55. The fourth-order valence-electron chi connectivity index (χ4n) is 5.47. The van der Waals surface area contributed by atoms with E-state index in [-0.39, 0.29) is 0 Å². The summed E-state index contributed by atoms with van der Waals surface area (Å²) in [5.41, 5.74) is 7.87. The van der Waals surface area contributed by atoms with Crippen molar-refractivity contribution in [1.29, 1.82) is 0 Å². The second-order valence-corrected chi connectivity index (χ2v) is 12.8. The summed E-state index contributed by atoms with van der Waals surface area (Å²) < 4.78 is 28.6. The van der Waals surface area contributed by atoms with Crippen LogP contribution in [0.2, 0.25) is 0 Å². The molecule has 0 saturated heterocycles. The molecule has 1 heterocycles. The van der Waals surface area contributed by atoms with E-state index in [1.165, 1.54) is 5.56 Å². The Morgan fingerprint density at radius 3 is 1.97 bits per heavy atom. The first kappa shape index (κ1) is 21.7. The lowest BCUT2D eigenvalue weighted by molar-refractivity contribution is 0.597. The molecule has 2 aliphatic carbocycles. The zero-order valence-electron chi connectivity index (χ0n) is 19.5. The van der Waals surface area contributed by atoms with Crippen LogP contribution in [0.4, 0.5) is 22.7 Å². The third kappa shape index (κ3) is 3.37. The fourth-order valence-corrected chi connectivity index (χ4v) is 8.67. The van der Waals surface area contributed by atoms with Crippen LogP contribution in [0.5, 0.6) is 0 Å². The summed E-state index contributed by atoms with van der Waals surface area (Å²) >= 11 is 0. The summed E-state index contributed by atoms with van der Waals surface area (Å²) in [4.78, 5) is 0. The second kappa shape index (κ2) is 8.52. The Morgan fingerprint density at radius 2 is 1.22 bits per heavy atom. The molecule has 6 heteroatoms. The van der Waals surface area contributed by atoms with E-state index in [9.17, 15) is 9.13 Å². The third-order valence-electron chi connectivity index (χ3n) is 7.28. The molecule has 36 heavy (non-hydrogen) atoms. The van der Waals surface area contributed by atoms with Gasteiger partial charge in [-0.15, -0.1) is 0 Å². The number of rotatable bonds is 0. The van der Waals surface area contributed by atoms with Gasteiger partial charge in [0.05, 0.1) is 11.4 Å². The smallest absolute Gasteiger partial charge is 0.135 e. The molecule has 0 aromatic heterocycles.